The molecular weight excluding hydrogens is 480 g/mol. The molecule has 36 heavy (non-hydrogen) atoms. The van der Waals surface area contributed by atoms with Crippen molar-refractivity contribution >= 4 is 21.6 Å². The van der Waals surface area contributed by atoms with Gasteiger partial charge in [0.15, 0.2) is 11.5 Å². The number of anilines is 1. The van der Waals surface area contributed by atoms with Gasteiger partial charge < -0.3 is 19.5 Å². The molecule has 0 spiro atoms. The quantitative estimate of drug-likeness (QED) is 0.419. The van der Waals surface area contributed by atoms with E-state index in [9.17, 15) is 13.2 Å². The molecule has 0 saturated carbocycles. The smallest absolute Gasteiger partial charge is 0.264 e. The highest BCUT2D eigenvalue weighted by Gasteiger charge is 2.28. The molecule has 0 bridgehead atoms. The fraction of sp³-hybridized carbons (Fsp3) is 0.296. The Bertz CT molecular complexity index is 1290. The molecule has 1 N–H and O–H groups in total. The number of rotatable bonds is 11. The van der Waals surface area contributed by atoms with Crippen LogP contribution in [0, 0.1) is 13.8 Å². The molecule has 0 aromatic heterocycles. The first kappa shape index (κ1) is 26.9. The Hall–Kier alpha value is -3.72. The van der Waals surface area contributed by atoms with E-state index in [0.717, 1.165) is 26.7 Å². The Balaban J connectivity index is 1.85. The van der Waals surface area contributed by atoms with E-state index >= 15 is 0 Å². The van der Waals surface area contributed by atoms with Crippen molar-refractivity contribution in [1.29, 1.82) is 0 Å². The van der Waals surface area contributed by atoms with Crippen LogP contribution in [0.15, 0.2) is 65.6 Å². The van der Waals surface area contributed by atoms with Gasteiger partial charge in [0.25, 0.3) is 10.0 Å². The molecule has 0 unspecified atom stereocenters. The molecule has 0 atom stereocenters. The minimum absolute atomic E-state index is 0.00894. The van der Waals surface area contributed by atoms with Crippen molar-refractivity contribution in [2.75, 3.05) is 38.7 Å². The predicted octanol–water partition coefficient (Wildman–Crippen LogP) is 3.88. The zero-order valence-corrected chi connectivity index (χ0v) is 22.0. The van der Waals surface area contributed by atoms with E-state index in [1.54, 1.807) is 19.2 Å². The van der Waals surface area contributed by atoms with Crippen LogP contribution in [0.5, 0.6) is 17.2 Å². The Morgan fingerprint density at radius 3 is 2.06 bits per heavy atom. The fourth-order valence-electron chi connectivity index (χ4n) is 3.84. The van der Waals surface area contributed by atoms with Gasteiger partial charge in [-0.15, -0.1) is 0 Å². The van der Waals surface area contributed by atoms with Gasteiger partial charge in [-0.25, -0.2) is 8.42 Å². The van der Waals surface area contributed by atoms with Gasteiger partial charge in [0.05, 0.1) is 31.9 Å². The fourth-order valence-corrected chi connectivity index (χ4v) is 5.26. The van der Waals surface area contributed by atoms with Crippen LogP contribution in [-0.4, -0.2) is 48.7 Å². The van der Waals surface area contributed by atoms with E-state index in [0.29, 0.717) is 24.4 Å². The number of ether oxygens (including phenoxy) is 3. The lowest BCUT2D eigenvalue weighted by Crippen LogP contribution is -2.41. The molecule has 8 nitrogen and oxygen atoms in total. The van der Waals surface area contributed by atoms with Crippen LogP contribution in [0.1, 0.15) is 16.7 Å². The normalized spacial score (nSPS) is 11.0. The maximum Gasteiger partial charge on any atom is 0.264 e. The predicted molar refractivity (Wildman–Crippen MR) is 140 cm³/mol. The van der Waals surface area contributed by atoms with E-state index in [4.69, 9.17) is 14.2 Å². The van der Waals surface area contributed by atoms with Crippen molar-refractivity contribution in [3.8, 4) is 17.2 Å². The number of hydrogen-bond donors (Lipinski definition) is 1. The van der Waals surface area contributed by atoms with Gasteiger partial charge in [-0.05, 0) is 73.4 Å². The molecule has 0 radical (unpaired) electrons. The lowest BCUT2D eigenvalue weighted by molar-refractivity contribution is -0.119. The number of nitrogens with one attached hydrogen (secondary N) is 1. The summed E-state index contributed by atoms with van der Waals surface area (Å²) in [5.74, 6) is 1.03. The molecule has 0 heterocycles. The molecule has 9 heteroatoms. The maximum atomic E-state index is 13.8. The largest absolute Gasteiger partial charge is 0.497 e. The van der Waals surface area contributed by atoms with Gasteiger partial charge in [-0.3, -0.25) is 9.10 Å². The highest BCUT2D eigenvalue weighted by atomic mass is 32.2. The first-order valence-electron chi connectivity index (χ1n) is 11.4. The first-order chi connectivity index (χ1) is 17.2. The lowest BCUT2D eigenvalue weighted by atomic mass is 10.1. The molecule has 1 amide bonds. The van der Waals surface area contributed by atoms with Gasteiger partial charge >= 0.3 is 0 Å². The second kappa shape index (κ2) is 11.8. The zero-order chi connectivity index (χ0) is 26.3. The number of carbonyl (C=O) groups is 1. The Morgan fingerprint density at radius 2 is 1.47 bits per heavy atom. The van der Waals surface area contributed by atoms with Crippen LogP contribution in [-0.2, 0) is 21.2 Å². The Morgan fingerprint density at radius 1 is 0.833 bits per heavy atom. The summed E-state index contributed by atoms with van der Waals surface area (Å²) in [6, 6.07) is 17.4. The number of methoxy groups -OCH3 is 3. The average Bonchev–Trinajstić information content (AvgIpc) is 2.86. The van der Waals surface area contributed by atoms with Crippen molar-refractivity contribution in [1.82, 2.24) is 5.32 Å². The SMILES string of the molecule is COc1ccc(CCNC(=O)CN(c2cc(C)cc(C)c2)S(=O)(=O)c2ccc(OC)c(OC)c2)cc1. The summed E-state index contributed by atoms with van der Waals surface area (Å²) < 4.78 is 44.3. The van der Waals surface area contributed by atoms with Crippen LogP contribution < -0.4 is 23.8 Å². The number of hydrogen-bond acceptors (Lipinski definition) is 6. The van der Waals surface area contributed by atoms with Gasteiger partial charge in [0, 0.05) is 12.6 Å². The van der Waals surface area contributed by atoms with Crippen molar-refractivity contribution in [2.45, 2.75) is 25.2 Å². The van der Waals surface area contributed by atoms with E-state index in [-0.39, 0.29) is 17.2 Å². The summed E-state index contributed by atoms with van der Waals surface area (Å²) in [6.07, 6.45) is 0.599. The topological polar surface area (TPSA) is 94.2 Å². The van der Waals surface area contributed by atoms with Crippen LogP contribution in [0.4, 0.5) is 5.69 Å². The third-order valence-corrected chi connectivity index (χ3v) is 7.39. The van der Waals surface area contributed by atoms with Gasteiger partial charge in [-0.2, -0.15) is 0 Å². The number of aryl methyl sites for hydroxylation is 2. The highest BCUT2D eigenvalue weighted by Crippen LogP contribution is 2.32. The lowest BCUT2D eigenvalue weighted by Gasteiger charge is -2.25. The Labute approximate surface area is 212 Å². The van der Waals surface area contributed by atoms with Crippen LogP contribution in [0.3, 0.4) is 0 Å². The first-order valence-corrected chi connectivity index (χ1v) is 12.8. The van der Waals surface area contributed by atoms with Crippen molar-refractivity contribution in [2.24, 2.45) is 0 Å². The summed E-state index contributed by atoms with van der Waals surface area (Å²) in [6.45, 7) is 3.75. The van der Waals surface area contributed by atoms with Crippen LogP contribution in [0.2, 0.25) is 0 Å². The van der Waals surface area contributed by atoms with Crippen molar-refractivity contribution in [3.63, 3.8) is 0 Å². The van der Waals surface area contributed by atoms with Crippen LogP contribution >= 0.6 is 0 Å². The second-order valence-corrected chi connectivity index (χ2v) is 10.2. The average molecular weight is 513 g/mol. The summed E-state index contributed by atoms with van der Waals surface area (Å²) in [5.41, 5.74) is 3.21. The van der Waals surface area contributed by atoms with Gasteiger partial charge in [0.2, 0.25) is 5.91 Å². The van der Waals surface area contributed by atoms with E-state index in [1.807, 2.05) is 44.2 Å². The molecule has 0 aliphatic carbocycles. The second-order valence-electron chi connectivity index (χ2n) is 8.32. The van der Waals surface area contributed by atoms with Crippen LogP contribution in [0.25, 0.3) is 0 Å². The standard InChI is InChI=1S/C27H32N2O6S/c1-19-14-20(2)16-22(15-19)29(36(31,32)24-10-11-25(34-4)26(17-24)35-5)18-27(30)28-13-12-21-6-8-23(33-3)9-7-21/h6-11,14-17H,12-13,18H2,1-5H3,(H,28,30). The molecule has 192 valence electrons. The number of amides is 1. The summed E-state index contributed by atoms with van der Waals surface area (Å²) >= 11 is 0. The minimum Gasteiger partial charge on any atom is -0.497 e. The molecule has 0 aliphatic rings. The molecule has 3 aromatic rings. The number of sulfonamides is 1. The third-order valence-electron chi connectivity index (χ3n) is 5.62. The van der Waals surface area contributed by atoms with E-state index in [2.05, 4.69) is 5.32 Å². The zero-order valence-electron chi connectivity index (χ0n) is 21.2. The highest BCUT2D eigenvalue weighted by molar-refractivity contribution is 7.92. The van der Waals surface area contributed by atoms with E-state index < -0.39 is 15.9 Å². The van der Waals surface area contributed by atoms with Gasteiger partial charge in [-0.1, -0.05) is 18.2 Å². The monoisotopic (exact) mass is 512 g/mol. The molecular formula is C27H32N2O6S. The molecule has 0 saturated heterocycles. The Kier molecular flexibility index (Phi) is 8.82. The maximum absolute atomic E-state index is 13.8. The molecule has 3 rings (SSSR count). The van der Waals surface area contributed by atoms with Gasteiger partial charge in [0.1, 0.15) is 12.3 Å². The number of benzene rings is 3. The number of carbonyl (C=O) groups excluding carboxylic acids is 1. The summed E-state index contributed by atoms with van der Waals surface area (Å²) in [7, 11) is 0.415. The van der Waals surface area contributed by atoms with E-state index in [1.165, 1.54) is 32.4 Å². The van der Waals surface area contributed by atoms with Crippen molar-refractivity contribution < 1.29 is 27.4 Å². The number of nitrogens with zero attached hydrogens (tertiary/aromatic N) is 1. The molecule has 0 aliphatic heterocycles. The summed E-state index contributed by atoms with van der Waals surface area (Å²) in [4.78, 5) is 12.9. The molecule has 0 fully saturated rings. The summed E-state index contributed by atoms with van der Waals surface area (Å²) in [5, 5.41) is 2.83. The minimum atomic E-state index is -4.10. The third kappa shape index (κ3) is 6.48. The van der Waals surface area contributed by atoms with Crippen molar-refractivity contribution in [3.05, 3.63) is 77.4 Å². The molecule has 3 aromatic carbocycles.